The van der Waals surface area contributed by atoms with Crippen LogP contribution in [0.1, 0.15) is 26.2 Å². The maximum atomic E-state index is 9.34. The largest absolute Gasteiger partial charge is 0.391 e. The first-order chi connectivity index (χ1) is 6.22. The summed E-state index contributed by atoms with van der Waals surface area (Å²) in [7, 11) is 1.62. The molecule has 0 heterocycles. The zero-order valence-electron chi connectivity index (χ0n) is 8.62. The van der Waals surface area contributed by atoms with Gasteiger partial charge in [-0.05, 0) is 31.7 Å². The van der Waals surface area contributed by atoms with E-state index in [4.69, 9.17) is 4.74 Å². The SMILES string of the molecule is COCC(O)CCNC1CC(C)C1. The minimum absolute atomic E-state index is 0.310. The molecule has 0 aromatic heterocycles. The van der Waals surface area contributed by atoms with Crippen molar-refractivity contribution < 1.29 is 9.84 Å². The van der Waals surface area contributed by atoms with Gasteiger partial charge in [0.25, 0.3) is 0 Å². The third kappa shape index (κ3) is 4.07. The fourth-order valence-corrected chi connectivity index (χ4v) is 1.80. The van der Waals surface area contributed by atoms with Gasteiger partial charge in [0.05, 0.1) is 12.7 Å². The van der Waals surface area contributed by atoms with Gasteiger partial charge in [0.2, 0.25) is 0 Å². The molecule has 0 spiro atoms. The fourth-order valence-electron chi connectivity index (χ4n) is 1.80. The van der Waals surface area contributed by atoms with Crippen LogP contribution in [0.15, 0.2) is 0 Å². The molecule has 1 fully saturated rings. The lowest BCUT2D eigenvalue weighted by atomic mass is 9.82. The average Bonchev–Trinajstić information content (AvgIpc) is 2.01. The Hall–Kier alpha value is -0.120. The summed E-state index contributed by atoms with van der Waals surface area (Å²) in [6.45, 7) is 3.63. The number of ether oxygens (including phenoxy) is 1. The van der Waals surface area contributed by atoms with Crippen LogP contribution in [0.3, 0.4) is 0 Å². The highest BCUT2D eigenvalue weighted by Crippen LogP contribution is 2.25. The Morgan fingerprint density at radius 3 is 2.77 bits per heavy atom. The van der Waals surface area contributed by atoms with Crippen LogP contribution in [0, 0.1) is 5.92 Å². The van der Waals surface area contributed by atoms with Crippen LogP contribution >= 0.6 is 0 Å². The summed E-state index contributed by atoms with van der Waals surface area (Å²) < 4.78 is 4.84. The Morgan fingerprint density at radius 1 is 1.54 bits per heavy atom. The van der Waals surface area contributed by atoms with E-state index in [1.807, 2.05) is 0 Å². The lowest BCUT2D eigenvalue weighted by molar-refractivity contribution is 0.0578. The predicted octanol–water partition coefficient (Wildman–Crippen LogP) is 0.772. The van der Waals surface area contributed by atoms with Gasteiger partial charge in [-0.15, -0.1) is 0 Å². The molecule has 3 nitrogen and oxygen atoms in total. The van der Waals surface area contributed by atoms with Crippen molar-refractivity contribution >= 4 is 0 Å². The van der Waals surface area contributed by atoms with Gasteiger partial charge in [-0.3, -0.25) is 0 Å². The summed E-state index contributed by atoms with van der Waals surface area (Å²) in [5.41, 5.74) is 0. The third-order valence-corrected chi connectivity index (χ3v) is 2.64. The summed E-state index contributed by atoms with van der Waals surface area (Å²) in [6, 6.07) is 0.699. The molecule has 13 heavy (non-hydrogen) atoms. The minimum atomic E-state index is -0.310. The maximum Gasteiger partial charge on any atom is 0.0785 e. The molecule has 0 aliphatic heterocycles. The van der Waals surface area contributed by atoms with Gasteiger partial charge in [0.15, 0.2) is 0 Å². The summed E-state index contributed by atoms with van der Waals surface area (Å²) in [5.74, 6) is 0.890. The lowest BCUT2D eigenvalue weighted by Gasteiger charge is -2.33. The van der Waals surface area contributed by atoms with Gasteiger partial charge in [-0.1, -0.05) is 6.92 Å². The van der Waals surface area contributed by atoms with E-state index >= 15 is 0 Å². The lowest BCUT2D eigenvalue weighted by Crippen LogP contribution is -2.41. The highest BCUT2D eigenvalue weighted by Gasteiger charge is 2.24. The average molecular weight is 187 g/mol. The topological polar surface area (TPSA) is 41.5 Å². The van der Waals surface area contributed by atoms with Crippen molar-refractivity contribution in [2.45, 2.75) is 38.3 Å². The summed E-state index contributed by atoms with van der Waals surface area (Å²) in [5, 5.41) is 12.8. The van der Waals surface area contributed by atoms with E-state index in [1.54, 1.807) is 7.11 Å². The van der Waals surface area contributed by atoms with Crippen LogP contribution in [0.4, 0.5) is 0 Å². The van der Waals surface area contributed by atoms with Crippen LogP contribution in [-0.4, -0.2) is 37.5 Å². The van der Waals surface area contributed by atoms with Crippen molar-refractivity contribution in [3.8, 4) is 0 Å². The van der Waals surface area contributed by atoms with Crippen molar-refractivity contribution in [2.75, 3.05) is 20.3 Å². The van der Waals surface area contributed by atoms with E-state index in [0.29, 0.717) is 12.6 Å². The van der Waals surface area contributed by atoms with Crippen LogP contribution in [0.25, 0.3) is 0 Å². The zero-order valence-corrected chi connectivity index (χ0v) is 8.62. The van der Waals surface area contributed by atoms with Gasteiger partial charge in [-0.2, -0.15) is 0 Å². The van der Waals surface area contributed by atoms with E-state index in [2.05, 4.69) is 12.2 Å². The molecule has 0 aromatic carbocycles. The van der Waals surface area contributed by atoms with Crippen LogP contribution < -0.4 is 5.32 Å². The second-order valence-corrected chi connectivity index (χ2v) is 4.13. The maximum absolute atomic E-state index is 9.34. The fraction of sp³-hybridized carbons (Fsp3) is 1.00. The molecular formula is C10H21NO2. The molecule has 1 atom stereocenters. The summed E-state index contributed by atoms with van der Waals surface area (Å²) in [4.78, 5) is 0. The monoisotopic (exact) mass is 187 g/mol. The van der Waals surface area contributed by atoms with Crippen LogP contribution in [0.5, 0.6) is 0 Å². The zero-order chi connectivity index (χ0) is 9.68. The number of hydrogen-bond acceptors (Lipinski definition) is 3. The van der Waals surface area contributed by atoms with E-state index in [9.17, 15) is 5.11 Å². The first-order valence-corrected chi connectivity index (χ1v) is 5.12. The molecule has 1 unspecified atom stereocenters. The number of aliphatic hydroxyl groups excluding tert-OH is 1. The second-order valence-electron chi connectivity index (χ2n) is 4.13. The number of rotatable bonds is 6. The molecule has 0 radical (unpaired) electrons. The Balaban J connectivity index is 1.89. The Kier molecular flexibility index (Phi) is 4.70. The number of hydrogen-bond donors (Lipinski definition) is 2. The summed E-state index contributed by atoms with van der Waals surface area (Å²) in [6.07, 6.45) is 3.06. The van der Waals surface area contributed by atoms with Crippen molar-refractivity contribution in [1.29, 1.82) is 0 Å². The Bertz CT molecular complexity index is 130. The minimum Gasteiger partial charge on any atom is -0.391 e. The highest BCUT2D eigenvalue weighted by atomic mass is 16.5. The van der Waals surface area contributed by atoms with Crippen molar-refractivity contribution in [3.63, 3.8) is 0 Å². The first-order valence-electron chi connectivity index (χ1n) is 5.12. The molecule has 1 aliphatic carbocycles. The second kappa shape index (κ2) is 5.58. The predicted molar refractivity (Wildman–Crippen MR) is 52.7 cm³/mol. The van der Waals surface area contributed by atoms with Gasteiger partial charge >= 0.3 is 0 Å². The normalized spacial score (nSPS) is 29.8. The van der Waals surface area contributed by atoms with Gasteiger partial charge in [0, 0.05) is 13.2 Å². The molecule has 78 valence electrons. The number of nitrogens with one attached hydrogen (secondary N) is 1. The van der Waals surface area contributed by atoms with Gasteiger partial charge in [-0.25, -0.2) is 0 Å². The quantitative estimate of drug-likeness (QED) is 0.645. The molecule has 1 saturated carbocycles. The first kappa shape index (κ1) is 11.0. The van der Waals surface area contributed by atoms with Crippen LogP contribution in [0.2, 0.25) is 0 Å². The molecule has 0 aromatic rings. The smallest absolute Gasteiger partial charge is 0.0785 e. The third-order valence-electron chi connectivity index (χ3n) is 2.64. The Morgan fingerprint density at radius 2 is 2.23 bits per heavy atom. The Labute approximate surface area is 80.5 Å². The molecule has 1 rings (SSSR count). The van der Waals surface area contributed by atoms with Gasteiger partial charge in [0.1, 0.15) is 0 Å². The van der Waals surface area contributed by atoms with Crippen molar-refractivity contribution in [2.24, 2.45) is 5.92 Å². The van der Waals surface area contributed by atoms with Gasteiger partial charge < -0.3 is 15.2 Å². The van der Waals surface area contributed by atoms with E-state index in [0.717, 1.165) is 18.9 Å². The van der Waals surface area contributed by atoms with Crippen molar-refractivity contribution in [1.82, 2.24) is 5.32 Å². The van der Waals surface area contributed by atoms with E-state index in [-0.39, 0.29) is 6.10 Å². The molecular weight excluding hydrogens is 166 g/mol. The molecule has 0 saturated heterocycles. The molecule has 1 aliphatic rings. The van der Waals surface area contributed by atoms with Crippen LogP contribution in [-0.2, 0) is 4.74 Å². The van der Waals surface area contributed by atoms with Crippen molar-refractivity contribution in [3.05, 3.63) is 0 Å². The number of aliphatic hydroxyl groups is 1. The molecule has 3 heteroatoms. The molecule has 0 bridgehead atoms. The summed E-state index contributed by atoms with van der Waals surface area (Å²) >= 11 is 0. The number of methoxy groups -OCH3 is 1. The standard InChI is InChI=1S/C10H21NO2/c1-8-5-9(6-8)11-4-3-10(12)7-13-2/h8-12H,3-7H2,1-2H3. The van der Waals surface area contributed by atoms with E-state index in [1.165, 1.54) is 12.8 Å². The molecule has 2 N–H and O–H groups in total. The highest BCUT2D eigenvalue weighted by molar-refractivity contribution is 4.82. The van der Waals surface area contributed by atoms with E-state index < -0.39 is 0 Å². The molecule has 0 amide bonds.